The molecule has 1 atom stereocenters. The van der Waals surface area contributed by atoms with Crippen LogP contribution in [0.25, 0.3) is 0 Å². The van der Waals surface area contributed by atoms with Crippen LogP contribution in [0.4, 0.5) is 0 Å². The number of rotatable bonds is 6. The summed E-state index contributed by atoms with van der Waals surface area (Å²) < 4.78 is 42.1. The van der Waals surface area contributed by atoms with Gasteiger partial charge in [0, 0.05) is 40.3 Å². The van der Waals surface area contributed by atoms with Crippen LogP contribution in [0.5, 0.6) is 0 Å². The number of halogens is 1. The predicted octanol–water partition coefficient (Wildman–Crippen LogP) is -0.113. The molecule has 0 radical (unpaired) electrons. The third-order valence-corrected chi connectivity index (χ3v) is 10.6. The normalized spacial score (nSPS) is 15.7. The average molecular weight is 1010 g/mol. The summed E-state index contributed by atoms with van der Waals surface area (Å²) in [6, 6.07) is 19.9. The number of ether oxygens (including phenoxy) is 1. The van der Waals surface area contributed by atoms with Gasteiger partial charge in [0.15, 0.2) is 75.6 Å². The van der Waals surface area contributed by atoms with E-state index in [9.17, 15) is 67.7 Å². The van der Waals surface area contributed by atoms with Crippen molar-refractivity contribution in [3.8, 4) is 0 Å². The van der Waals surface area contributed by atoms with Gasteiger partial charge in [-0.05, 0) is 39.5 Å². The number of aliphatic hydroxyl groups excluding tert-OH is 1. The van der Waals surface area contributed by atoms with Crippen LogP contribution in [0.2, 0.25) is 0 Å². The molecule has 1 aliphatic heterocycles. The van der Waals surface area contributed by atoms with E-state index in [1.807, 2.05) is 0 Å². The number of aldehydes is 1. The second kappa shape index (κ2) is 22.9. The molecule has 2 heterocycles. The van der Waals surface area contributed by atoms with Gasteiger partial charge in [0.1, 0.15) is 11.5 Å². The fourth-order valence-corrected chi connectivity index (χ4v) is 6.73. The molecular formula is C46H34ClKO20S. The molecule has 0 bridgehead atoms. The Kier molecular flexibility index (Phi) is 19.0. The molecule has 0 fully saturated rings. The van der Waals surface area contributed by atoms with E-state index in [2.05, 4.69) is 0 Å². The van der Waals surface area contributed by atoms with Gasteiger partial charge in [-0.1, -0.05) is 72.8 Å². The molecule has 1 aromatic heterocycles. The van der Waals surface area contributed by atoms with Crippen LogP contribution >= 0.6 is 11.6 Å². The minimum absolute atomic E-state index is 0. The first-order valence-corrected chi connectivity index (χ1v) is 21.0. The molecule has 23 heteroatoms. The van der Waals surface area contributed by atoms with Crippen molar-refractivity contribution in [2.24, 2.45) is 0 Å². The van der Waals surface area contributed by atoms with Crippen molar-refractivity contribution in [3.05, 3.63) is 152 Å². The van der Waals surface area contributed by atoms with Gasteiger partial charge in [-0.25, -0.2) is 0 Å². The monoisotopic (exact) mass is 1010 g/mol. The van der Waals surface area contributed by atoms with Gasteiger partial charge in [-0.2, -0.15) is 8.42 Å². The topological polar surface area (TPSA) is 345 Å². The summed E-state index contributed by atoms with van der Waals surface area (Å²) in [6.07, 6.45) is -1.65. The Morgan fingerprint density at radius 3 is 1.41 bits per heavy atom. The van der Waals surface area contributed by atoms with Gasteiger partial charge in [-0.3, -0.25) is 66.6 Å². The second-order valence-corrected chi connectivity index (χ2v) is 15.8. The Morgan fingerprint density at radius 2 is 1.03 bits per heavy atom. The molecule has 352 valence electrons. The Balaban J connectivity index is 0.000000244. The molecule has 0 saturated heterocycles. The van der Waals surface area contributed by atoms with E-state index in [-0.39, 0.29) is 131 Å². The van der Waals surface area contributed by atoms with E-state index in [1.54, 1.807) is 48.5 Å². The molecule has 3 aromatic carbocycles. The maximum absolute atomic E-state index is 12.5. The largest absolute Gasteiger partial charge is 1.00 e. The van der Waals surface area contributed by atoms with Crippen molar-refractivity contribution in [3.63, 3.8) is 0 Å². The summed E-state index contributed by atoms with van der Waals surface area (Å²) in [7, 11) is -4.67. The SMILES string of the molecule is CC(=O)C(Cl)C(C)=O.CC(=O)C1(C(C)=O)OC2=C(C(=O)c3ccccc3C2=O)C1O.CC(=O)c1cc2c(o1)C(=O)c1ccccc1C2=O.O=CC1=C([O-])C(=O)c2ccccc2C1=O.O=S(=O)(O)O.[K+]. The molecule has 0 spiro atoms. The van der Waals surface area contributed by atoms with Gasteiger partial charge in [-0.15, -0.1) is 11.6 Å². The Bertz CT molecular complexity index is 3010. The fraction of sp³-hybridized carbons (Fsp3) is 0.174. The Hall–Kier alpha value is -6.18. The average Bonchev–Trinajstić information content (AvgIpc) is 3.88. The zero-order valence-electron chi connectivity index (χ0n) is 36.8. The molecule has 3 N–H and O–H groups in total. The number of hydrogen-bond donors (Lipinski definition) is 3. The number of alkyl halides is 1. The molecule has 0 amide bonds. The van der Waals surface area contributed by atoms with Gasteiger partial charge in [0.2, 0.25) is 11.6 Å². The maximum Gasteiger partial charge on any atom is 1.00 e. The zero-order valence-corrected chi connectivity index (χ0v) is 41.5. The number of furan rings is 1. The number of aliphatic hydroxyl groups is 1. The Morgan fingerprint density at radius 1 is 0.652 bits per heavy atom. The molecular weight excluding hydrogens is 979 g/mol. The number of benzene rings is 3. The molecule has 20 nitrogen and oxygen atoms in total. The van der Waals surface area contributed by atoms with E-state index >= 15 is 0 Å². The van der Waals surface area contributed by atoms with E-state index < -0.39 is 79.3 Å². The van der Waals surface area contributed by atoms with E-state index in [0.29, 0.717) is 11.1 Å². The number of carbonyl (C=O) groups excluding carboxylic acids is 12. The summed E-state index contributed by atoms with van der Waals surface area (Å²) in [5.74, 6) is -7.18. The second-order valence-electron chi connectivity index (χ2n) is 14.5. The first kappa shape index (κ1) is 57.1. The number of hydrogen-bond acceptors (Lipinski definition) is 18. The first-order chi connectivity index (χ1) is 31.6. The van der Waals surface area contributed by atoms with E-state index in [0.717, 1.165) is 13.8 Å². The minimum atomic E-state index is -4.67. The van der Waals surface area contributed by atoms with Crippen LogP contribution < -0.4 is 56.5 Å². The molecule has 3 aliphatic carbocycles. The quantitative estimate of drug-likeness (QED) is 0.0380. The molecule has 1 unspecified atom stereocenters. The van der Waals surface area contributed by atoms with Crippen molar-refractivity contribution in [1.29, 1.82) is 0 Å². The van der Waals surface area contributed by atoms with E-state index in [4.69, 9.17) is 38.3 Å². The van der Waals surface area contributed by atoms with Gasteiger partial charge >= 0.3 is 61.8 Å². The van der Waals surface area contributed by atoms with Crippen LogP contribution in [-0.2, 0) is 39.1 Å². The van der Waals surface area contributed by atoms with Crippen molar-refractivity contribution in [2.75, 3.05) is 0 Å². The molecule has 4 aromatic rings. The fourth-order valence-electron chi connectivity index (χ4n) is 6.73. The molecule has 4 aliphatic rings. The van der Waals surface area contributed by atoms with Gasteiger partial charge < -0.3 is 19.4 Å². The van der Waals surface area contributed by atoms with Crippen LogP contribution in [0.1, 0.15) is 119 Å². The first-order valence-electron chi connectivity index (χ1n) is 19.2. The third kappa shape index (κ3) is 12.0. The van der Waals surface area contributed by atoms with Crippen molar-refractivity contribution < 1.29 is 146 Å². The number of fused-ring (bicyclic) bond motifs is 4. The molecule has 0 saturated carbocycles. The van der Waals surface area contributed by atoms with Crippen LogP contribution in [0.15, 0.2) is 106 Å². The number of carbonyl (C=O) groups is 12. The number of ketones is 11. The number of allylic oxidation sites excluding steroid dienone is 3. The smallest absolute Gasteiger partial charge is 0.869 e. The molecule has 69 heavy (non-hydrogen) atoms. The van der Waals surface area contributed by atoms with Crippen molar-refractivity contribution >= 4 is 91.9 Å². The minimum Gasteiger partial charge on any atom is -0.869 e. The van der Waals surface area contributed by atoms with E-state index in [1.165, 1.54) is 51.1 Å². The summed E-state index contributed by atoms with van der Waals surface area (Å²) in [5, 5.41) is 20.7. The summed E-state index contributed by atoms with van der Waals surface area (Å²) in [5.41, 5.74) is -1.86. The van der Waals surface area contributed by atoms with Crippen molar-refractivity contribution in [1.82, 2.24) is 0 Å². The standard InChI is InChI=1S/C16H12O6.C14H8O4.C11H6O4.C5H7ClO2.K.H2O4S/c1-7(17)16(8(2)18)15(21)11-12(19)9-5-3-4-6-10(9)13(20)14(11)22-16;1-7(15)11-6-10-12(16)8-4-2-3-5-9(8)13(17)14(10)18-11;12-5-8-9(13)6-3-1-2-4-7(6)10(14)11(8)15;1-3(7)5(6)4(2)8;;1-5(2,3)4/h3-6,15,21H,1-2H3;2-6H,1H3;1-5,15H;5H,1-2H3;;(H2,1,2,3,4)/q;;;;+1;/p-1. The summed E-state index contributed by atoms with van der Waals surface area (Å²) >= 11 is 5.25. The van der Waals surface area contributed by atoms with Crippen molar-refractivity contribution in [2.45, 2.75) is 51.7 Å². The van der Waals surface area contributed by atoms with Crippen LogP contribution in [0, 0.1) is 0 Å². The van der Waals surface area contributed by atoms with Gasteiger partial charge in [0.25, 0.3) is 5.60 Å². The predicted molar refractivity (Wildman–Crippen MR) is 229 cm³/mol. The van der Waals surface area contributed by atoms with Gasteiger partial charge in [0.05, 0.1) is 16.7 Å². The summed E-state index contributed by atoms with van der Waals surface area (Å²) in [4.78, 5) is 138. The van der Waals surface area contributed by atoms with Crippen LogP contribution in [-0.4, -0.2) is 110 Å². The maximum atomic E-state index is 12.5. The van der Waals surface area contributed by atoms with Crippen LogP contribution in [0.3, 0.4) is 0 Å². The third-order valence-electron chi connectivity index (χ3n) is 9.97. The number of Topliss-reactive ketones (excluding diaryl/α,β-unsaturated/α-hetero) is 9. The molecule has 8 rings (SSSR count). The summed E-state index contributed by atoms with van der Waals surface area (Å²) in [6.45, 7) is 6.06. The zero-order chi connectivity index (χ0) is 51.3. The Labute approximate surface area is 437 Å².